The van der Waals surface area contributed by atoms with Gasteiger partial charge in [0.15, 0.2) is 0 Å². The molecule has 1 unspecified atom stereocenters. The molecule has 17 heavy (non-hydrogen) atoms. The van der Waals surface area contributed by atoms with Gasteiger partial charge in [-0.25, -0.2) is 9.97 Å². The third kappa shape index (κ3) is 3.30. The molecule has 0 aromatic carbocycles. The first-order valence-electron chi connectivity index (χ1n) is 5.94. The average molecular weight is 256 g/mol. The zero-order chi connectivity index (χ0) is 12.3. The van der Waals surface area contributed by atoms with Crippen molar-refractivity contribution in [2.45, 2.75) is 19.8 Å². The summed E-state index contributed by atoms with van der Waals surface area (Å²) in [6.45, 7) is 4.77. The van der Waals surface area contributed by atoms with Gasteiger partial charge < -0.3 is 9.64 Å². The molecular weight excluding hydrogens is 238 g/mol. The fourth-order valence-corrected chi connectivity index (χ4v) is 2.54. The largest absolute Gasteiger partial charge is 0.384 e. The Morgan fingerprint density at radius 3 is 3.06 bits per heavy atom. The molecular formula is C12H18ClN3O. The Hall–Kier alpha value is -0.870. The van der Waals surface area contributed by atoms with Crippen molar-refractivity contribution in [3.8, 4) is 0 Å². The first-order valence-corrected chi connectivity index (χ1v) is 6.32. The number of anilines is 1. The molecule has 1 saturated heterocycles. The van der Waals surface area contributed by atoms with Gasteiger partial charge in [0.05, 0.1) is 6.61 Å². The van der Waals surface area contributed by atoms with Crippen LogP contribution in [0.4, 0.5) is 5.82 Å². The number of aromatic nitrogens is 2. The highest BCUT2D eigenvalue weighted by atomic mass is 35.5. The van der Waals surface area contributed by atoms with E-state index in [2.05, 4.69) is 14.9 Å². The third-order valence-electron chi connectivity index (χ3n) is 3.06. The molecule has 1 aliphatic heterocycles. The Labute approximate surface area is 107 Å². The normalized spacial score (nSPS) is 20.6. The van der Waals surface area contributed by atoms with Crippen molar-refractivity contribution in [1.29, 1.82) is 0 Å². The van der Waals surface area contributed by atoms with Gasteiger partial charge in [-0.3, -0.25) is 0 Å². The second kappa shape index (κ2) is 5.65. The number of hydrogen-bond donors (Lipinski definition) is 0. The number of nitrogens with zero attached hydrogens (tertiary/aromatic N) is 3. The molecule has 1 aliphatic rings. The van der Waals surface area contributed by atoms with Crippen molar-refractivity contribution in [3.63, 3.8) is 0 Å². The van der Waals surface area contributed by atoms with E-state index < -0.39 is 0 Å². The van der Waals surface area contributed by atoms with Gasteiger partial charge in [-0.05, 0) is 37.3 Å². The molecule has 1 aromatic rings. The number of methoxy groups -OCH3 is 1. The lowest BCUT2D eigenvalue weighted by Crippen LogP contribution is -2.37. The fraction of sp³-hybridized carbons (Fsp3) is 0.667. The SMILES string of the molecule is COCC1CCCN(c2cc(C)nc(Cl)n2)C1. The lowest BCUT2D eigenvalue weighted by atomic mass is 9.99. The van der Waals surface area contributed by atoms with Crippen LogP contribution in [0.5, 0.6) is 0 Å². The summed E-state index contributed by atoms with van der Waals surface area (Å²) in [5.74, 6) is 1.52. The fourth-order valence-electron chi connectivity index (χ4n) is 2.32. The molecule has 0 aliphatic carbocycles. The van der Waals surface area contributed by atoms with E-state index in [4.69, 9.17) is 16.3 Å². The maximum Gasteiger partial charge on any atom is 0.224 e. The predicted molar refractivity (Wildman–Crippen MR) is 68.6 cm³/mol. The maximum absolute atomic E-state index is 5.89. The molecule has 0 amide bonds. The molecule has 1 fully saturated rings. The summed E-state index contributed by atoms with van der Waals surface area (Å²) in [6.07, 6.45) is 2.40. The third-order valence-corrected chi connectivity index (χ3v) is 3.23. The molecule has 1 aromatic heterocycles. The first-order chi connectivity index (χ1) is 8.19. The predicted octanol–water partition coefficient (Wildman–Crippen LogP) is 2.30. The van der Waals surface area contributed by atoms with Crippen LogP contribution in [0.1, 0.15) is 18.5 Å². The summed E-state index contributed by atoms with van der Waals surface area (Å²) in [6, 6.07) is 1.99. The quantitative estimate of drug-likeness (QED) is 0.777. The van der Waals surface area contributed by atoms with Gasteiger partial charge in [-0.2, -0.15) is 0 Å². The van der Waals surface area contributed by atoms with Crippen LogP contribution in [0.3, 0.4) is 0 Å². The average Bonchev–Trinajstić information content (AvgIpc) is 2.28. The van der Waals surface area contributed by atoms with Crippen LogP contribution in [-0.4, -0.2) is 36.8 Å². The van der Waals surface area contributed by atoms with E-state index in [1.807, 2.05) is 13.0 Å². The van der Waals surface area contributed by atoms with E-state index in [9.17, 15) is 0 Å². The molecule has 0 saturated carbocycles. The molecule has 1 atom stereocenters. The molecule has 2 rings (SSSR count). The van der Waals surface area contributed by atoms with E-state index in [0.717, 1.165) is 31.2 Å². The second-order valence-corrected chi connectivity index (χ2v) is 4.88. The highest BCUT2D eigenvalue weighted by Gasteiger charge is 2.21. The van der Waals surface area contributed by atoms with Gasteiger partial charge in [0.1, 0.15) is 5.82 Å². The van der Waals surface area contributed by atoms with E-state index in [1.54, 1.807) is 7.11 Å². The summed E-state index contributed by atoms with van der Waals surface area (Å²) < 4.78 is 5.23. The number of halogens is 1. The highest BCUT2D eigenvalue weighted by molar-refractivity contribution is 6.28. The monoisotopic (exact) mass is 255 g/mol. The minimum atomic E-state index is 0.328. The minimum absolute atomic E-state index is 0.328. The van der Waals surface area contributed by atoms with Gasteiger partial charge in [0, 0.05) is 32.0 Å². The van der Waals surface area contributed by atoms with Crippen LogP contribution in [0.25, 0.3) is 0 Å². The van der Waals surface area contributed by atoms with Crippen LogP contribution < -0.4 is 4.90 Å². The van der Waals surface area contributed by atoms with Gasteiger partial charge >= 0.3 is 0 Å². The molecule has 0 radical (unpaired) electrons. The highest BCUT2D eigenvalue weighted by Crippen LogP contribution is 2.23. The van der Waals surface area contributed by atoms with Crippen LogP contribution in [0.15, 0.2) is 6.07 Å². The molecule has 4 nitrogen and oxygen atoms in total. The number of piperidine rings is 1. The zero-order valence-electron chi connectivity index (χ0n) is 10.3. The van der Waals surface area contributed by atoms with E-state index in [1.165, 1.54) is 12.8 Å². The molecule has 0 N–H and O–H groups in total. The number of rotatable bonds is 3. The Bertz CT molecular complexity index is 364. The Kier molecular flexibility index (Phi) is 4.18. The smallest absolute Gasteiger partial charge is 0.224 e. The van der Waals surface area contributed by atoms with Crippen LogP contribution in [0.2, 0.25) is 5.28 Å². The lowest BCUT2D eigenvalue weighted by molar-refractivity contribution is 0.143. The Morgan fingerprint density at radius 2 is 2.35 bits per heavy atom. The van der Waals surface area contributed by atoms with Gasteiger partial charge in [-0.1, -0.05) is 0 Å². The van der Waals surface area contributed by atoms with Crippen molar-refractivity contribution < 1.29 is 4.74 Å². The number of ether oxygens (including phenoxy) is 1. The number of aryl methyl sites for hydroxylation is 1. The van der Waals surface area contributed by atoms with Crippen molar-refractivity contribution in [2.24, 2.45) is 5.92 Å². The standard InChI is InChI=1S/C12H18ClN3O/c1-9-6-11(15-12(13)14-9)16-5-3-4-10(7-16)8-17-2/h6,10H,3-5,7-8H2,1-2H3. The number of hydrogen-bond acceptors (Lipinski definition) is 4. The molecule has 0 spiro atoms. The summed E-state index contributed by atoms with van der Waals surface area (Å²) in [5, 5.41) is 0.328. The zero-order valence-corrected chi connectivity index (χ0v) is 11.1. The van der Waals surface area contributed by atoms with Crippen LogP contribution in [-0.2, 0) is 4.74 Å². The summed E-state index contributed by atoms with van der Waals surface area (Å²) >= 11 is 5.89. The summed E-state index contributed by atoms with van der Waals surface area (Å²) in [4.78, 5) is 10.7. The van der Waals surface area contributed by atoms with E-state index in [0.29, 0.717) is 11.2 Å². The van der Waals surface area contributed by atoms with E-state index >= 15 is 0 Å². The van der Waals surface area contributed by atoms with Gasteiger partial charge in [0.25, 0.3) is 0 Å². The van der Waals surface area contributed by atoms with Crippen LogP contribution in [0, 0.1) is 12.8 Å². The molecule has 94 valence electrons. The second-order valence-electron chi connectivity index (χ2n) is 4.55. The maximum atomic E-state index is 5.89. The summed E-state index contributed by atoms with van der Waals surface area (Å²) in [5.41, 5.74) is 0.911. The van der Waals surface area contributed by atoms with Crippen molar-refractivity contribution >= 4 is 17.4 Å². The Morgan fingerprint density at radius 1 is 1.53 bits per heavy atom. The Balaban J connectivity index is 2.10. The molecule has 0 bridgehead atoms. The van der Waals surface area contributed by atoms with Gasteiger partial charge in [0.2, 0.25) is 5.28 Å². The van der Waals surface area contributed by atoms with Crippen molar-refractivity contribution in [3.05, 3.63) is 17.0 Å². The minimum Gasteiger partial charge on any atom is -0.384 e. The topological polar surface area (TPSA) is 38.2 Å². The van der Waals surface area contributed by atoms with Crippen molar-refractivity contribution in [2.75, 3.05) is 31.7 Å². The first kappa shape index (κ1) is 12.6. The molecule has 5 heteroatoms. The van der Waals surface area contributed by atoms with Crippen LogP contribution >= 0.6 is 11.6 Å². The van der Waals surface area contributed by atoms with Gasteiger partial charge in [-0.15, -0.1) is 0 Å². The lowest BCUT2D eigenvalue weighted by Gasteiger charge is -2.33. The summed E-state index contributed by atoms with van der Waals surface area (Å²) in [7, 11) is 1.75. The van der Waals surface area contributed by atoms with Crippen molar-refractivity contribution in [1.82, 2.24) is 9.97 Å². The van der Waals surface area contributed by atoms with E-state index in [-0.39, 0.29) is 0 Å². The molecule has 2 heterocycles.